The van der Waals surface area contributed by atoms with Gasteiger partial charge < -0.3 is 20.1 Å². The second-order valence-corrected chi connectivity index (χ2v) is 7.61. The molecule has 0 radical (unpaired) electrons. The lowest BCUT2D eigenvalue weighted by molar-refractivity contribution is -0.128. The highest BCUT2D eigenvalue weighted by Gasteiger charge is 2.38. The van der Waals surface area contributed by atoms with Gasteiger partial charge in [0, 0.05) is 12.6 Å². The maximum atomic E-state index is 13.1. The van der Waals surface area contributed by atoms with Gasteiger partial charge in [-0.3, -0.25) is 19.3 Å². The number of carbonyl (C=O) groups is 3. The number of fused-ring (bicyclic) bond motifs is 2. The van der Waals surface area contributed by atoms with Crippen LogP contribution in [0.4, 0.5) is 17.3 Å². The van der Waals surface area contributed by atoms with Crippen molar-refractivity contribution in [3.05, 3.63) is 35.9 Å². The van der Waals surface area contributed by atoms with E-state index < -0.39 is 6.10 Å². The average molecular weight is 410 g/mol. The number of anilines is 3. The van der Waals surface area contributed by atoms with Gasteiger partial charge in [-0.05, 0) is 36.2 Å². The molecule has 0 saturated carbocycles. The van der Waals surface area contributed by atoms with Gasteiger partial charge in [0.15, 0.2) is 30.1 Å². The highest BCUT2D eigenvalue weighted by molar-refractivity contribution is 6.09. The molecule has 2 aliphatic heterocycles. The van der Waals surface area contributed by atoms with Gasteiger partial charge in [-0.2, -0.15) is 0 Å². The smallest absolute Gasteiger partial charge is 0.270 e. The van der Waals surface area contributed by atoms with Crippen molar-refractivity contribution in [1.29, 1.82) is 0 Å². The van der Waals surface area contributed by atoms with E-state index in [2.05, 4.69) is 4.98 Å². The standard InChI is InChI=1S/C21H22N4O5/c1-11(2)19-21(28)25(20-16(30-19)6-7-17(22)23-20)9-14(26)12-4-5-15-13(8-12)24(3)18(27)10-29-15/h4-8,11,19H,9-10H2,1-3H3,(H2,22,23). The number of rotatable bonds is 4. The first-order valence-corrected chi connectivity index (χ1v) is 9.57. The largest absolute Gasteiger partial charge is 0.482 e. The van der Waals surface area contributed by atoms with Crippen LogP contribution in [0.1, 0.15) is 24.2 Å². The summed E-state index contributed by atoms with van der Waals surface area (Å²) in [7, 11) is 1.62. The number of hydrogen-bond donors (Lipinski definition) is 1. The Morgan fingerprint density at radius 2 is 1.97 bits per heavy atom. The number of Topliss-reactive ketones (excluding diaryl/α,β-unsaturated/α-hetero) is 1. The maximum Gasteiger partial charge on any atom is 0.270 e. The summed E-state index contributed by atoms with van der Waals surface area (Å²) < 4.78 is 11.2. The van der Waals surface area contributed by atoms with Crippen LogP contribution < -0.4 is 25.0 Å². The fraction of sp³-hybridized carbons (Fsp3) is 0.333. The number of carbonyl (C=O) groups excluding carboxylic acids is 3. The van der Waals surface area contributed by atoms with Crippen LogP contribution in [-0.2, 0) is 9.59 Å². The van der Waals surface area contributed by atoms with Crippen LogP contribution in [-0.4, -0.2) is 48.9 Å². The topological polar surface area (TPSA) is 115 Å². The minimum absolute atomic E-state index is 0.0421. The van der Waals surface area contributed by atoms with E-state index in [9.17, 15) is 14.4 Å². The molecule has 2 aromatic rings. The number of pyridine rings is 1. The van der Waals surface area contributed by atoms with E-state index in [1.54, 1.807) is 37.4 Å². The molecule has 4 rings (SSSR count). The number of benzene rings is 1. The van der Waals surface area contributed by atoms with Crippen LogP contribution in [0.3, 0.4) is 0 Å². The summed E-state index contributed by atoms with van der Waals surface area (Å²) in [4.78, 5) is 45.0. The van der Waals surface area contributed by atoms with Crippen molar-refractivity contribution in [3.8, 4) is 11.5 Å². The third kappa shape index (κ3) is 3.32. The highest BCUT2D eigenvalue weighted by atomic mass is 16.5. The number of hydrogen-bond acceptors (Lipinski definition) is 7. The van der Waals surface area contributed by atoms with E-state index in [1.165, 1.54) is 9.80 Å². The number of ether oxygens (including phenoxy) is 2. The van der Waals surface area contributed by atoms with Gasteiger partial charge in [0.05, 0.1) is 12.2 Å². The monoisotopic (exact) mass is 410 g/mol. The SMILES string of the molecule is CC(C)C1Oc2ccc(N)nc2N(CC(=O)c2ccc3c(c2)N(C)C(=O)CO3)C1=O. The molecule has 0 bridgehead atoms. The van der Waals surface area contributed by atoms with Crippen molar-refractivity contribution in [2.75, 3.05) is 35.7 Å². The van der Waals surface area contributed by atoms with Crippen molar-refractivity contribution in [2.45, 2.75) is 20.0 Å². The van der Waals surface area contributed by atoms with E-state index in [1.807, 2.05) is 13.8 Å². The predicted octanol–water partition coefficient (Wildman–Crippen LogP) is 1.65. The van der Waals surface area contributed by atoms with Crippen molar-refractivity contribution in [2.24, 2.45) is 5.92 Å². The number of amides is 2. The predicted molar refractivity (Wildman–Crippen MR) is 110 cm³/mol. The van der Waals surface area contributed by atoms with Gasteiger partial charge in [0.1, 0.15) is 11.6 Å². The zero-order valence-electron chi connectivity index (χ0n) is 16.9. The summed E-state index contributed by atoms with van der Waals surface area (Å²) in [5, 5.41) is 0. The first kappa shape index (κ1) is 19.7. The summed E-state index contributed by atoms with van der Waals surface area (Å²) in [5.74, 6) is 0.408. The molecule has 0 saturated heterocycles. The lowest BCUT2D eigenvalue weighted by Gasteiger charge is -2.34. The van der Waals surface area contributed by atoms with E-state index in [0.29, 0.717) is 22.7 Å². The number of nitrogen functional groups attached to an aromatic ring is 1. The Labute approximate surface area is 173 Å². The van der Waals surface area contributed by atoms with Gasteiger partial charge in [-0.1, -0.05) is 13.8 Å². The Morgan fingerprint density at radius 3 is 2.70 bits per heavy atom. The zero-order chi connectivity index (χ0) is 21.6. The maximum absolute atomic E-state index is 13.1. The third-order valence-corrected chi connectivity index (χ3v) is 5.15. The molecule has 9 heteroatoms. The molecule has 0 spiro atoms. The van der Waals surface area contributed by atoms with Crippen LogP contribution in [0, 0.1) is 5.92 Å². The first-order valence-electron chi connectivity index (χ1n) is 9.57. The van der Waals surface area contributed by atoms with Crippen molar-refractivity contribution < 1.29 is 23.9 Å². The van der Waals surface area contributed by atoms with Crippen molar-refractivity contribution >= 4 is 34.9 Å². The van der Waals surface area contributed by atoms with Gasteiger partial charge in [0.2, 0.25) is 0 Å². The lowest BCUT2D eigenvalue weighted by Crippen LogP contribution is -2.50. The normalized spacial score (nSPS) is 17.9. The molecule has 1 aromatic heterocycles. The molecule has 1 atom stereocenters. The van der Waals surface area contributed by atoms with Crippen molar-refractivity contribution in [1.82, 2.24) is 4.98 Å². The molecule has 30 heavy (non-hydrogen) atoms. The van der Waals surface area contributed by atoms with Crippen LogP contribution in [0.25, 0.3) is 0 Å². The minimum Gasteiger partial charge on any atom is -0.482 e. The molecule has 2 amide bonds. The summed E-state index contributed by atoms with van der Waals surface area (Å²) in [6.07, 6.45) is -0.726. The fourth-order valence-corrected chi connectivity index (χ4v) is 3.44. The van der Waals surface area contributed by atoms with E-state index in [0.717, 1.165) is 0 Å². The van der Waals surface area contributed by atoms with Gasteiger partial charge in [-0.15, -0.1) is 0 Å². The second-order valence-electron chi connectivity index (χ2n) is 7.61. The van der Waals surface area contributed by atoms with E-state index >= 15 is 0 Å². The second kappa shape index (κ2) is 7.33. The molecule has 1 unspecified atom stereocenters. The molecule has 0 fully saturated rings. The number of nitrogens with zero attached hydrogens (tertiary/aromatic N) is 3. The number of nitrogens with two attached hydrogens (primary N) is 1. The Morgan fingerprint density at radius 1 is 1.23 bits per heavy atom. The van der Waals surface area contributed by atoms with Crippen LogP contribution >= 0.6 is 0 Å². The Hall–Kier alpha value is -3.62. The first-order chi connectivity index (χ1) is 14.3. The van der Waals surface area contributed by atoms with Crippen LogP contribution in [0.2, 0.25) is 0 Å². The summed E-state index contributed by atoms with van der Waals surface area (Å²) >= 11 is 0. The summed E-state index contributed by atoms with van der Waals surface area (Å²) in [5.41, 5.74) is 6.65. The number of likely N-dealkylation sites (N-methyl/N-ethyl adjacent to an activating group) is 1. The molecule has 0 aliphatic carbocycles. The molecule has 2 aliphatic rings. The molecule has 1 aromatic carbocycles. The van der Waals surface area contributed by atoms with Gasteiger partial charge >= 0.3 is 0 Å². The highest BCUT2D eigenvalue weighted by Crippen LogP contribution is 2.36. The van der Waals surface area contributed by atoms with Gasteiger partial charge in [0.25, 0.3) is 11.8 Å². The van der Waals surface area contributed by atoms with Crippen LogP contribution in [0.15, 0.2) is 30.3 Å². The summed E-state index contributed by atoms with van der Waals surface area (Å²) in [6, 6.07) is 8.08. The van der Waals surface area contributed by atoms with E-state index in [4.69, 9.17) is 15.2 Å². The third-order valence-electron chi connectivity index (χ3n) is 5.15. The zero-order valence-corrected chi connectivity index (χ0v) is 16.9. The quantitative estimate of drug-likeness (QED) is 0.762. The number of aromatic nitrogens is 1. The Kier molecular flexibility index (Phi) is 4.81. The number of ketones is 1. The molecule has 9 nitrogen and oxygen atoms in total. The Balaban J connectivity index is 1.66. The molecular formula is C21H22N4O5. The molecule has 2 N–H and O–H groups in total. The van der Waals surface area contributed by atoms with Crippen molar-refractivity contribution in [3.63, 3.8) is 0 Å². The Bertz CT molecular complexity index is 1050. The minimum atomic E-state index is -0.726. The molecule has 156 valence electrons. The lowest BCUT2D eigenvalue weighted by atomic mass is 10.0. The van der Waals surface area contributed by atoms with E-state index in [-0.39, 0.29) is 48.3 Å². The van der Waals surface area contributed by atoms with Gasteiger partial charge in [-0.25, -0.2) is 4.98 Å². The molecule has 3 heterocycles. The van der Waals surface area contributed by atoms with Crippen LogP contribution in [0.5, 0.6) is 11.5 Å². The summed E-state index contributed by atoms with van der Waals surface area (Å²) in [6.45, 7) is 3.47. The molecular weight excluding hydrogens is 388 g/mol. The average Bonchev–Trinajstić information content (AvgIpc) is 2.72. The fourth-order valence-electron chi connectivity index (χ4n) is 3.44.